The first-order valence-corrected chi connectivity index (χ1v) is 11.1. The molecule has 24 heavy (non-hydrogen) atoms. The van der Waals surface area contributed by atoms with Crippen LogP contribution in [0.4, 0.5) is 0 Å². The Morgan fingerprint density at radius 1 is 1.25 bits per heavy atom. The minimum atomic E-state index is -3.04. The molecular formula is C17H36N4O2S. The fourth-order valence-corrected chi connectivity index (χ4v) is 3.97. The first-order chi connectivity index (χ1) is 11.4. The van der Waals surface area contributed by atoms with Gasteiger partial charge in [-0.15, -0.1) is 0 Å². The van der Waals surface area contributed by atoms with Gasteiger partial charge in [0.15, 0.2) is 5.96 Å². The Labute approximate surface area is 148 Å². The van der Waals surface area contributed by atoms with E-state index in [0.717, 1.165) is 31.9 Å². The molecule has 0 aromatic rings. The van der Waals surface area contributed by atoms with Gasteiger partial charge in [0.25, 0.3) is 0 Å². The first-order valence-electron chi connectivity index (χ1n) is 9.30. The molecule has 0 saturated carbocycles. The third kappa shape index (κ3) is 7.83. The Morgan fingerprint density at radius 3 is 2.42 bits per heavy atom. The van der Waals surface area contributed by atoms with Crippen LogP contribution in [0.25, 0.3) is 0 Å². The zero-order valence-electron chi connectivity index (χ0n) is 15.8. The summed E-state index contributed by atoms with van der Waals surface area (Å²) in [4.78, 5) is 4.30. The topological polar surface area (TPSA) is 73.8 Å². The lowest BCUT2D eigenvalue weighted by Crippen LogP contribution is -2.44. The van der Waals surface area contributed by atoms with Gasteiger partial charge in [-0.05, 0) is 31.1 Å². The van der Waals surface area contributed by atoms with Crippen molar-refractivity contribution in [1.29, 1.82) is 0 Å². The van der Waals surface area contributed by atoms with Gasteiger partial charge in [-0.25, -0.2) is 12.7 Å². The van der Waals surface area contributed by atoms with Crippen molar-refractivity contribution in [1.82, 2.24) is 14.9 Å². The number of guanidine groups is 1. The Kier molecular flexibility index (Phi) is 9.66. The maximum Gasteiger partial charge on any atom is 0.211 e. The van der Waals surface area contributed by atoms with E-state index < -0.39 is 10.0 Å². The molecule has 1 heterocycles. The van der Waals surface area contributed by atoms with Gasteiger partial charge in [-0.3, -0.25) is 4.99 Å². The zero-order chi connectivity index (χ0) is 18.0. The molecule has 1 rings (SSSR count). The molecule has 6 nitrogen and oxygen atoms in total. The molecule has 142 valence electrons. The van der Waals surface area contributed by atoms with Gasteiger partial charge in [0, 0.05) is 33.2 Å². The fourth-order valence-electron chi connectivity index (χ4n) is 3.09. The van der Waals surface area contributed by atoms with E-state index in [1.54, 1.807) is 11.4 Å². The van der Waals surface area contributed by atoms with Crippen LogP contribution in [0, 0.1) is 11.8 Å². The molecule has 7 heteroatoms. The predicted molar refractivity (Wildman–Crippen MR) is 102 cm³/mol. The van der Waals surface area contributed by atoms with E-state index in [2.05, 4.69) is 29.5 Å². The number of aliphatic imine (C=N–C) groups is 1. The summed E-state index contributed by atoms with van der Waals surface area (Å²) in [6.45, 7) is 7.55. The number of piperidine rings is 1. The molecule has 0 bridgehead atoms. The molecule has 0 amide bonds. The predicted octanol–water partition coefficient (Wildman–Crippen LogP) is 2.04. The van der Waals surface area contributed by atoms with Crippen molar-refractivity contribution >= 4 is 16.0 Å². The van der Waals surface area contributed by atoms with Crippen LogP contribution in [0.3, 0.4) is 0 Å². The molecule has 1 aliphatic heterocycles. The maximum absolute atomic E-state index is 11.5. The Balaban J connectivity index is 2.30. The first kappa shape index (κ1) is 21.2. The van der Waals surface area contributed by atoms with Gasteiger partial charge < -0.3 is 10.6 Å². The van der Waals surface area contributed by atoms with Crippen LogP contribution >= 0.6 is 0 Å². The smallest absolute Gasteiger partial charge is 0.211 e. The number of hydrogen-bond acceptors (Lipinski definition) is 3. The quantitative estimate of drug-likeness (QED) is 0.487. The van der Waals surface area contributed by atoms with E-state index in [-0.39, 0.29) is 0 Å². The minimum Gasteiger partial charge on any atom is -0.356 e. The van der Waals surface area contributed by atoms with Crippen molar-refractivity contribution in [2.75, 3.05) is 39.5 Å². The molecule has 1 saturated heterocycles. The maximum atomic E-state index is 11.5. The molecule has 0 aromatic heterocycles. The van der Waals surface area contributed by atoms with E-state index in [1.165, 1.54) is 31.9 Å². The fraction of sp³-hybridized carbons (Fsp3) is 0.941. The number of nitrogens with one attached hydrogen (secondary N) is 2. The summed E-state index contributed by atoms with van der Waals surface area (Å²) in [5.74, 6) is 2.06. The molecule has 1 aliphatic rings. The van der Waals surface area contributed by atoms with Gasteiger partial charge in [-0.2, -0.15) is 0 Å². The number of unbranched alkanes of at least 4 members (excludes halogenated alkanes) is 1. The lowest BCUT2D eigenvalue weighted by molar-refractivity contribution is 0.274. The number of nitrogens with zero attached hydrogens (tertiary/aromatic N) is 2. The summed E-state index contributed by atoms with van der Waals surface area (Å²) in [6.07, 6.45) is 8.09. The van der Waals surface area contributed by atoms with Crippen LogP contribution in [0.2, 0.25) is 0 Å². The highest BCUT2D eigenvalue weighted by Crippen LogP contribution is 2.18. The highest BCUT2D eigenvalue weighted by Gasteiger charge is 2.24. The van der Waals surface area contributed by atoms with Gasteiger partial charge in [0.1, 0.15) is 0 Å². The van der Waals surface area contributed by atoms with Crippen LogP contribution in [0.1, 0.15) is 52.4 Å². The molecule has 1 unspecified atom stereocenters. The molecule has 0 aliphatic carbocycles. The lowest BCUT2D eigenvalue weighted by Gasteiger charge is -2.30. The molecular weight excluding hydrogens is 324 g/mol. The van der Waals surface area contributed by atoms with Crippen molar-refractivity contribution < 1.29 is 8.42 Å². The second kappa shape index (κ2) is 10.9. The minimum absolute atomic E-state index is 0.503. The average molecular weight is 361 g/mol. The summed E-state index contributed by atoms with van der Waals surface area (Å²) in [5, 5.41) is 6.83. The largest absolute Gasteiger partial charge is 0.356 e. The van der Waals surface area contributed by atoms with E-state index in [1.807, 2.05) is 0 Å². The number of sulfonamides is 1. The second-order valence-corrected chi connectivity index (χ2v) is 8.84. The van der Waals surface area contributed by atoms with E-state index >= 15 is 0 Å². The van der Waals surface area contributed by atoms with Gasteiger partial charge in [0.2, 0.25) is 10.0 Å². The highest BCUT2D eigenvalue weighted by atomic mass is 32.2. The van der Waals surface area contributed by atoms with Gasteiger partial charge in [0.05, 0.1) is 6.26 Å². The van der Waals surface area contributed by atoms with Crippen LogP contribution in [0.15, 0.2) is 4.99 Å². The van der Waals surface area contributed by atoms with Crippen LogP contribution < -0.4 is 10.6 Å². The number of rotatable bonds is 9. The molecule has 1 atom stereocenters. The molecule has 0 radical (unpaired) electrons. The van der Waals surface area contributed by atoms with Crippen molar-refractivity contribution in [2.45, 2.75) is 52.4 Å². The number of hydrogen-bond donors (Lipinski definition) is 2. The SMILES string of the molecule is CCCCC(CC)CNC(=NC)NCC1CCN(S(C)(=O)=O)CC1. The highest BCUT2D eigenvalue weighted by molar-refractivity contribution is 7.88. The standard InChI is InChI=1S/C17H36N4O2S/c1-5-7-8-15(6-2)13-19-17(18-3)20-14-16-9-11-21(12-10-16)24(4,22)23/h15-16H,5-14H2,1-4H3,(H2,18,19,20). The summed E-state index contributed by atoms with van der Waals surface area (Å²) in [6, 6.07) is 0. The summed E-state index contributed by atoms with van der Waals surface area (Å²) < 4.78 is 24.7. The molecule has 0 spiro atoms. The molecule has 0 aromatic carbocycles. The van der Waals surface area contributed by atoms with Crippen molar-refractivity contribution in [3.05, 3.63) is 0 Å². The van der Waals surface area contributed by atoms with Gasteiger partial charge >= 0.3 is 0 Å². The van der Waals surface area contributed by atoms with E-state index in [9.17, 15) is 8.42 Å². The van der Waals surface area contributed by atoms with E-state index in [4.69, 9.17) is 0 Å². The van der Waals surface area contributed by atoms with Gasteiger partial charge in [-0.1, -0.05) is 33.1 Å². The third-order valence-corrected chi connectivity index (χ3v) is 6.23. The van der Waals surface area contributed by atoms with Crippen molar-refractivity contribution in [2.24, 2.45) is 16.8 Å². The second-order valence-electron chi connectivity index (χ2n) is 6.86. The monoisotopic (exact) mass is 360 g/mol. The summed E-state index contributed by atoms with van der Waals surface area (Å²) >= 11 is 0. The summed E-state index contributed by atoms with van der Waals surface area (Å²) in [7, 11) is -1.24. The Bertz CT molecular complexity index is 471. The molecule has 2 N–H and O–H groups in total. The third-order valence-electron chi connectivity index (χ3n) is 4.93. The lowest BCUT2D eigenvalue weighted by atomic mass is 9.98. The van der Waals surface area contributed by atoms with Crippen molar-refractivity contribution in [3.63, 3.8) is 0 Å². The average Bonchev–Trinajstić information content (AvgIpc) is 2.57. The van der Waals surface area contributed by atoms with E-state index in [0.29, 0.717) is 24.9 Å². The van der Waals surface area contributed by atoms with Crippen molar-refractivity contribution in [3.8, 4) is 0 Å². The normalized spacial score (nSPS) is 19.2. The zero-order valence-corrected chi connectivity index (χ0v) is 16.7. The van der Waals surface area contributed by atoms with Crippen LogP contribution in [-0.2, 0) is 10.0 Å². The van der Waals surface area contributed by atoms with Crippen LogP contribution in [0.5, 0.6) is 0 Å². The molecule has 1 fully saturated rings. The Morgan fingerprint density at radius 2 is 1.92 bits per heavy atom. The Hall–Kier alpha value is -0.820. The summed E-state index contributed by atoms with van der Waals surface area (Å²) in [5.41, 5.74) is 0. The van der Waals surface area contributed by atoms with Crippen LogP contribution in [-0.4, -0.2) is 58.2 Å².